The molecule has 0 heterocycles. The SMILES string of the molecule is CCC(C)C(C)(O)CNC(C)c1ccc(S(N)(=O)=O)cc1. The van der Waals surface area contributed by atoms with E-state index in [1.165, 1.54) is 12.1 Å². The second kappa shape index (κ2) is 6.87. The summed E-state index contributed by atoms with van der Waals surface area (Å²) in [6.45, 7) is 8.34. The minimum Gasteiger partial charge on any atom is -0.389 e. The molecule has 3 atom stereocenters. The Labute approximate surface area is 127 Å². The molecule has 120 valence electrons. The molecule has 0 aliphatic carbocycles. The average Bonchev–Trinajstić information content (AvgIpc) is 2.43. The summed E-state index contributed by atoms with van der Waals surface area (Å²) in [5.41, 5.74) is 0.172. The predicted octanol–water partition coefficient (Wildman–Crippen LogP) is 1.78. The quantitative estimate of drug-likeness (QED) is 0.715. The van der Waals surface area contributed by atoms with E-state index >= 15 is 0 Å². The first-order valence-electron chi connectivity index (χ1n) is 7.16. The molecule has 5 nitrogen and oxygen atoms in total. The van der Waals surface area contributed by atoms with Crippen molar-refractivity contribution in [2.45, 2.75) is 50.7 Å². The van der Waals surface area contributed by atoms with Gasteiger partial charge in [0.1, 0.15) is 0 Å². The van der Waals surface area contributed by atoms with Crippen molar-refractivity contribution in [2.24, 2.45) is 11.1 Å². The lowest BCUT2D eigenvalue weighted by atomic mass is 9.88. The Hall–Kier alpha value is -0.950. The van der Waals surface area contributed by atoms with Gasteiger partial charge in [-0.1, -0.05) is 32.4 Å². The number of primary sulfonamides is 1. The van der Waals surface area contributed by atoms with Crippen LogP contribution in [0.1, 0.15) is 45.7 Å². The van der Waals surface area contributed by atoms with E-state index in [9.17, 15) is 13.5 Å². The molecule has 3 unspecified atom stereocenters. The maximum atomic E-state index is 11.2. The van der Waals surface area contributed by atoms with Crippen molar-refractivity contribution in [2.75, 3.05) is 6.54 Å². The van der Waals surface area contributed by atoms with Gasteiger partial charge < -0.3 is 10.4 Å². The van der Waals surface area contributed by atoms with Gasteiger partial charge in [0.15, 0.2) is 0 Å². The molecule has 1 aromatic carbocycles. The second-order valence-electron chi connectivity index (χ2n) is 5.88. The Bertz CT molecular complexity index is 553. The van der Waals surface area contributed by atoms with E-state index in [1.54, 1.807) is 12.1 Å². The lowest BCUT2D eigenvalue weighted by Gasteiger charge is -2.31. The van der Waals surface area contributed by atoms with Crippen molar-refractivity contribution < 1.29 is 13.5 Å². The maximum absolute atomic E-state index is 11.2. The normalized spacial score (nSPS) is 18.0. The van der Waals surface area contributed by atoms with Gasteiger partial charge in [-0.3, -0.25) is 0 Å². The van der Waals surface area contributed by atoms with Crippen LogP contribution in [0.15, 0.2) is 29.2 Å². The summed E-state index contributed by atoms with van der Waals surface area (Å²) < 4.78 is 22.4. The standard InChI is InChI=1S/C15H26N2O3S/c1-5-11(2)15(4,18)10-17-12(3)13-6-8-14(9-7-13)21(16,19)20/h6-9,11-12,17-18H,5,10H2,1-4H3,(H2,16,19,20). The van der Waals surface area contributed by atoms with Crippen LogP contribution >= 0.6 is 0 Å². The van der Waals surface area contributed by atoms with E-state index in [0.29, 0.717) is 6.54 Å². The highest BCUT2D eigenvalue weighted by molar-refractivity contribution is 7.89. The fraction of sp³-hybridized carbons (Fsp3) is 0.600. The monoisotopic (exact) mass is 314 g/mol. The van der Waals surface area contributed by atoms with Crippen LogP contribution in [0.3, 0.4) is 0 Å². The summed E-state index contributed by atoms with van der Waals surface area (Å²) in [6.07, 6.45) is 0.909. The number of nitrogens with two attached hydrogens (primary N) is 1. The smallest absolute Gasteiger partial charge is 0.238 e. The van der Waals surface area contributed by atoms with E-state index in [4.69, 9.17) is 5.14 Å². The van der Waals surface area contributed by atoms with Crippen LogP contribution in [0.2, 0.25) is 0 Å². The summed E-state index contributed by atoms with van der Waals surface area (Å²) in [7, 11) is -3.66. The maximum Gasteiger partial charge on any atom is 0.238 e. The first-order chi connectivity index (χ1) is 9.58. The van der Waals surface area contributed by atoms with E-state index in [-0.39, 0.29) is 16.9 Å². The highest BCUT2D eigenvalue weighted by Crippen LogP contribution is 2.21. The molecule has 21 heavy (non-hydrogen) atoms. The highest BCUT2D eigenvalue weighted by atomic mass is 32.2. The van der Waals surface area contributed by atoms with Crippen LogP contribution in [0, 0.1) is 5.92 Å². The first-order valence-corrected chi connectivity index (χ1v) is 8.71. The summed E-state index contributed by atoms with van der Waals surface area (Å²) in [4.78, 5) is 0.102. The Morgan fingerprint density at radius 3 is 2.24 bits per heavy atom. The first kappa shape index (κ1) is 18.1. The van der Waals surface area contributed by atoms with Crippen LogP contribution in [-0.2, 0) is 10.0 Å². The van der Waals surface area contributed by atoms with Gasteiger partial charge in [0.25, 0.3) is 0 Å². The average molecular weight is 314 g/mol. The molecular weight excluding hydrogens is 288 g/mol. The number of sulfonamides is 1. The van der Waals surface area contributed by atoms with E-state index in [1.807, 2.05) is 20.8 Å². The zero-order valence-electron chi connectivity index (χ0n) is 13.1. The molecule has 1 rings (SSSR count). The Morgan fingerprint density at radius 2 is 1.81 bits per heavy atom. The molecule has 0 radical (unpaired) electrons. The zero-order chi connectivity index (χ0) is 16.3. The molecular formula is C15H26N2O3S. The van der Waals surface area contributed by atoms with Gasteiger partial charge >= 0.3 is 0 Å². The van der Waals surface area contributed by atoms with Gasteiger partial charge in [0.05, 0.1) is 10.5 Å². The summed E-state index contributed by atoms with van der Waals surface area (Å²) >= 11 is 0. The fourth-order valence-corrected chi connectivity index (χ4v) is 2.55. The molecule has 0 saturated carbocycles. The van der Waals surface area contributed by atoms with Gasteiger partial charge in [-0.2, -0.15) is 0 Å². The molecule has 0 amide bonds. The minimum absolute atomic E-state index is 0.00931. The van der Waals surface area contributed by atoms with Crippen LogP contribution in [0.4, 0.5) is 0 Å². The Kier molecular flexibility index (Phi) is 5.92. The summed E-state index contributed by atoms with van der Waals surface area (Å²) in [5.74, 6) is 0.196. The second-order valence-corrected chi connectivity index (χ2v) is 7.44. The van der Waals surface area contributed by atoms with Gasteiger partial charge in [-0.25, -0.2) is 13.6 Å². The molecule has 4 N–H and O–H groups in total. The highest BCUT2D eigenvalue weighted by Gasteiger charge is 2.27. The molecule has 0 aliphatic rings. The number of benzene rings is 1. The molecule has 1 aromatic rings. The van der Waals surface area contributed by atoms with Gasteiger partial charge in [0.2, 0.25) is 10.0 Å². The third-order valence-electron chi connectivity index (χ3n) is 4.15. The molecule has 0 fully saturated rings. The molecule has 0 aliphatic heterocycles. The van der Waals surface area contributed by atoms with Crippen LogP contribution in [0.5, 0.6) is 0 Å². The van der Waals surface area contributed by atoms with Crippen LogP contribution < -0.4 is 10.5 Å². The number of hydrogen-bond donors (Lipinski definition) is 3. The molecule has 0 spiro atoms. The van der Waals surface area contributed by atoms with Crippen LogP contribution in [-0.4, -0.2) is 25.7 Å². The minimum atomic E-state index is -3.66. The van der Waals surface area contributed by atoms with Crippen molar-refractivity contribution in [3.63, 3.8) is 0 Å². The van der Waals surface area contributed by atoms with E-state index in [2.05, 4.69) is 12.2 Å². The van der Waals surface area contributed by atoms with E-state index in [0.717, 1.165) is 12.0 Å². The molecule has 0 bridgehead atoms. The molecule has 0 aromatic heterocycles. The Morgan fingerprint density at radius 1 is 1.29 bits per heavy atom. The number of rotatable bonds is 7. The number of hydrogen-bond acceptors (Lipinski definition) is 4. The number of nitrogens with one attached hydrogen (secondary N) is 1. The van der Waals surface area contributed by atoms with Gasteiger partial charge in [-0.05, 0) is 37.5 Å². The van der Waals surface area contributed by atoms with Gasteiger partial charge in [0, 0.05) is 12.6 Å². The molecule has 0 saturated heterocycles. The van der Waals surface area contributed by atoms with Crippen molar-refractivity contribution in [3.05, 3.63) is 29.8 Å². The van der Waals surface area contributed by atoms with Crippen molar-refractivity contribution in [3.8, 4) is 0 Å². The topological polar surface area (TPSA) is 92.4 Å². The Balaban J connectivity index is 2.70. The predicted molar refractivity (Wildman–Crippen MR) is 84.3 cm³/mol. The number of aliphatic hydroxyl groups is 1. The summed E-state index contributed by atoms with van der Waals surface area (Å²) in [5, 5.41) is 18.7. The fourth-order valence-electron chi connectivity index (χ4n) is 2.04. The third kappa shape index (κ3) is 5.07. The van der Waals surface area contributed by atoms with Crippen molar-refractivity contribution in [1.29, 1.82) is 0 Å². The zero-order valence-corrected chi connectivity index (χ0v) is 13.9. The molecule has 6 heteroatoms. The largest absolute Gasteiger partial charge is 0.389 e. The van der Waals surface area contributed by atoms with Gasteiger partial charge in [-0.15, -0.1) is 0 Å². The van der Waals surface area contributed by atoms with Crippen molar-refractivity contribution in [1.82, 2.24) is 5.32 Å². The van der Waals surface area contributed by atoms with Crippen LogP contribution in [0.25, 0.3) is 0 Å². The van der Waals surface area contributed by atoms with E-state index < -0.39 is 15.6 Å². The van der Waals surface area contributed by atoms with Crippen molar-refractivity contribution >= 4 is 10.0 Å². The third-order valence-corrected chi connectivity index (χ3v) is 5.08. The summed E-state index contributed by atoms with van der Waals surface area (Å²) in [6, 6.07) is 6.46. The lowest BCUT2D eigenvalue weighted by Crippen LogP contribution is -2.43. The lowest BCUT2D eigenvalue weighted by molar-refractivity contribution is 0.00365.